The van der Waals surface area contributed by atoms with Crippen LogP contribution in [0.2, 0.25) is 0 Å². The van der Waals surface area contributed by atoms with E-state index in [9.17, 15) is 9.18 Å². The Bertz CT molecular complexity index is 623. The average molecular weight is 272 g/mol. The van der Waals surface area contributed by atoms with E-state index in [1.165, 1.54) is 12.1 Å². The number of primary amides is 1. The fourth-order valence-corrected chi connectivity index (χ4v) is 1.98. The van der Waals surface area contributed by atoms with Crippen molar-refractivity contribution in [3.05, 3.63) is 65.0 Å². The van der Waals surface area contributed by atoms with Crippen LogP contribution < -0.4 is 11.1 Å². The van der Waals surface area contributed by atoms with Crippen LogP contribution in [0.25, 0.3) is 0 Å². The van der Waals surface area contributed by atoms with Gasteiger partial charge in [0.2, 0.25) is 5.91 Å². The van der Waals surface area contributed by atoms with Crippen LogP contribution in [0.3, 0.4) is 0 Å². The number of hydrogen-bond donors (Lipinski definition) is 2. The Morgan fingerprint density at radius 2 is 1.75 bits per heavy atom. The molecule has 104 valence electrons. The van der Waals surface area contributed by atoms with E-state index in [0.717, 1.165) is 16.7 Å². The van der Waals surface area contributed by atoms with Crippen molar-refractivity contribution in [1.29, 1.82) is 0 Å². The van der Waals surface area contributed by atoms with E-state index in [-0.39, 0.29) is 5.82 Å². The molecular formula is C16H17FN2O. The van der Waals surface area contributed by atoms with Gasteiger partial charge >= 0.3 is 0 Å². The number of carbonyl (C=O) groups excluding carboxylic acids is 1. The molecule has 1 atom stereocenters. The number of hydrogen-bond acceptors (Lipinski definition) is 2. The molecule has 0 aliphatic carbocycles. The molecule has 0 aliphatic rings. The van der Waals surface area contributed by atoms with Gasteiger partial charge in [-0.3, -0.25) is 4.79 Å². The van der Waals surface area contributed by atoms with Gasteiger partial charge < -0.3 is 11.1 Å². The van der Waals surface area contributed by atoms with Gasteiger partial charge in [0.05, 0.1) is 0 Å². The van der Waals surface area contributed by atoms with Gasteiger partial charge in [0.25, 0.3) is 0 Å². The van der Waals surface area contributed by atoms with Gasteiger partial charge in [-0.1, -0.05) is 18.2 Å². The van der Waals surface area contributed by atoms with E-state index in [1.54, 1.807) is 12.1 Å². The number of halogens is 1. The van der Waals surface area contributed by atoms with Crippen molar-refractivity contribution in [2.24, 2.45) is 5.73 Å². The molecule has 0 fully saturated rings. The third kappa shape index (κ3) is 3.15. The number of aryl methyl sites for hydroxylation is 2. The van der Waals surface area contributed by atoms with Crippen molar-refractivity contribution in [2.75, 3.05) is 5.32 Å². The number of rotatable bonds is 4. The number of anilines is 1. The molecule has 0 spiro atoms. The fourth-order valence-electron chi connectivity index (χ4n) is 1.98. The van der Waals surface area contributed by atoms with E-state index in [2.05, 4.69) is 5.32 Å². The predicted molar refractivity (Wildman–Crippen MR) is 77.9 cm³/mol. The number of nitrogens with two attached hydrogens (primary N) is 1. The highest BCUT2D eigenvalue weighted by atomic mass is 19.1. The molecule has 0 aliphatic heterocycles. The van der Waals surface area contributed by atoms with Crippen molar-refractivity contribution >= 4 is 11.6 Å². The van der Waals surface area contributed by atoms with Gasteiger partial charge in [0, 0.05) is 5.69 Å². The summed E-state index contributed by atoms with van der Waals surface area (Å²) < 4.78 is 12.9. The molecule has 3 N–H and O–H groups in total. The first-order chi connectivity index (χ1) is 9.47. The molecule has 3 nitrogen and oxygen atoms in total. The summed E-state index contributed by atoms with van der Waals surface area (Å²) in [6.45, 7) is 3.99. The van der Waals surface area contributed by atoms with Gasteiger partial charge in [-0.25, -0.2) is 4.39 Å². The summed E-state index contributed by atoms with van der Waals surface area (Å²) in [5.41, 5.74) is 9.15. The van der Waals surface area contributed by atoms with Gasteiger partial charge in [-0.2, -0.15) is 0 Å². The summed E-state index contributed by atoms with van der Waals surface area (Å²) in [7, 11) is 0. The molecule has 1 unspecified atom stereocenters. The van der Waals surface area contributed by atoms with Crippen molar-refractivity contribution in [1.82, 2.24) is 0 Å². The Morgan fingerprint density at radius 3 is 2.30 bits per heavy atom. The zero-order valence-corrected chi connectivity index (χ0v) is 11.5. The molecule has 2 rings (SSSR count). The molecule has 0 bridgehead atoms. The Kier molecular flexibility index (Phi) is 4.03. The lowest BCUT2D eigenvalue weighted by Crippen LogP contribution is -2.27. The second kappa shape index (κ2) is 5.74. The fraction of sp³-hybridized carbons (Fsp3) is 0.188. The van der Waals surface area contributed by atoms with Gasteiger partial charge in [0.1, 0.15) is 11.9 Å². The number of amides is 1. The first-order valence-electron chi connectivity index (χ1n) is 6.36. The monoisotopic (exact) mass is 272 g/mol. The summed E-state index contributed by atoms with van der Waals surface area (Å²) in [5, 5.41) is 3.03. The standard InChI is InChI=1S/C16H17FN2O/c1-10-3-4-12(9-11(10)2)15(16(18)20)19-14-7-5-13(17)6-8-14/h3-9,15,19H,1-2H3,(H2,18,20). The molecule has 0 aromatic heterocycles. The maximum absolute atomic E-state index is 12.9. The zero-order chi connectivity index (χ0) is 14.7. The van der Waals surface area contributed by atoms with Crippen LogP contribution in [0.4, 0.5) is 10.1 Å². The van der Waals surface area contributed by atoms with Crippen molar-refractivity contribution in [3.8, 4) is 0 Å². The van der Waals surface area contributed by atoms with Gasteiger partial charge in [0.15, 0.2) is 0 Å². The lowest BCUT2D eigenvalue weighted by atomic mass is 10.0. The lowest BCUT2D eigenvalue weighted by molar-refractivity contribution is -0.118. The predicted octanol–water partition coefficient (Wildman–Crippen LogP) is 3.08. The first kappa shape index (κ1) is 14.1. The molecule has 4 heteroatoms. The Hall–Kier alpha value is -2.36. The Labute approximate surface area is 117 Å². The van der Waals surface area contributed by atoms with Crippen LogP contribution in [0.15, 0.2) is 42.5 Å². The largest absolute Gasteiger partial charge is 0.370 e. The molecule has 0 saturated heterocycles. The summed E-state index contributed by atoms with van der Waals surface area (Å²) in [6.07, 6.45) is 0. The van der Waals surface area contributed by atoms with E-state index in [1.807, 2.05) is 32.0 Å². The second-order valence-electron chi connectivity index (χ2n) is 4.83. The minimum Gasteiger partial charge on any atom is -0.370 e. The van der Waals surface area contributed by atoms with E-state index >= 15 is 0 Å². The molecule has 0 saturated carbocycles. The lowest BCUT2D eigenvalue weighted by Gasteiger charge is -2.18. The first-order valence-corrected chi connectivity index (χ1v) is 6.36. The molecule has 1 amide bonds. The zero-order valence-electron chi connectivity index (χ0n) is 11.5. The third-order valence-corrected chi connectivity index (χ3v) is 3.30. The Morgan fingerprint density at radius 1 is 1.10 bits per heavy atom. The summed E-state index contributed by atoms with van der Waals surface area (Å²) >= 11 is 0. The van der Waals surface area contributed by atoms with E-state index in [4.69, 9.17) is 5.73 Å². The highest BCUT2D eigenvalue weighted by molar-refractivity contribution is 5.84. The molecule has 2 aromatic rings. The highest BCUT2D eigenvalue weighted by Crippen LogP contribution is 2.22. The normalized spacial score (nSPS) is 11.9. The number of benzene rings is 2. The smallest absolute Gasteiger partial charge is 0.244 e. The van der Waals surface area contributed by atoms with Crippen LogP contribution in [0.5, 0.6) is 0 Å². The van der Waals surface area contributed by atoms with Crippen LogP contribution in [-0.4, -0.2) is 5.91 Å². The van der Waals surface area contributed by atoms with Gasteiger partial charge in [-0.15, -0.1) is 0 Å². The minimum absolute atomic E-state index is 0.322. The summed E-state index contributed by atoms with van der Waals surface area (Å²) in [5.74, 6) is -0.796. The topological polar surface area (TPSA) is 55.1 Å². The highest BCUT2D eigenvalue weighted by Gasteiger charge is 2.18. The molecular weight excluding hydrogens is 255 g/mol. The molecule has 2 aromatic carbocycles. The average Bonchev–Trinajstić information content (AvgIpc) is 2.41. The SMILES string of the molecule is Cc1ccc(C(Nc2ccc(F)cc2)C(N)=O)cc1C. The molecule has 0 heterocycles. The van der Waals surface area contributed by atoms with Crippen molar-refractivity contribution in [2.45, 2.75) is 19.9 Å². The van der Waals surface area contributed by atoms with E-state index in [0.29, 0.717) is 5.69 Å². The Balaban J connectivity index is 2.29. The summed E-state index contributed by atoms with van der Waals surface area (Å²) in [4.78, 5) is 11.7. The second-order valence-corrected chi connectivity index (χ2v) is 4.83. The van der Waals surface area contributed by atoms with Crippen LogP contribution in [0.1, 0.15) is 22.7 Å². The maximum Gasteiger partial charge on any atom is 0.244 e. The number of carbonyl (C=O) groups is 1. The van der Waals surface area contributed by atoms with Crippen LogP contribution in [0, 0.1) is 19.7 Å². The summed E-state index contributed by atoms with van der Waals surface area (Å²) in [6, 6.07) is 10.9. The number of nitrogens with one attached hydrogen (secondary N) is 1. The minimum atomic E-state index is -0.639. The quantitative estimate of drug-likeness (QED) is 0.898. The third-order valence-electron chi connectivity index (χ3n) is 3.30. The maximum atomic E-state index is 12.9. The van der Waals surface area contributed by atoms with Crippen molar-refractivity contribution in [3.63, 3.8) is 0 Å². The van der Waals surface area contributed by atoms with Gasteiger partial charge in [-0.05, 0) is 54.8 Å². The van der Waals surface area contributed by atoms with Crippen LogP contribution in [-0.2, 0) is 4.79 Å². The molecule has 0 radical (unpaired) electrons. The van der Waals surface area contributed by atoms with Crippen LogP contribution >= 0.6 is 0 Å². The van der Waals surface area contributed by atoms with E-state index < -0.39 is 11.9 Å². The molecule has 20 heavy (non-hydrogen) atoms. The van der Waals surface area contributed by atoms with Crippen molar-refractivity contribution < 1.29 is 9.18 Å².